The van der Waals surface area contributed by atoms with Crippen molar-refractivity contribution in [2.24, 2.45) is 0 Å². The molecule has 0 amide bonds. The third-order valence-electron chi connectivity index (χ3n) is 6.49. The zero-order valence-corrected chi connectivity index (χ0v) is 22.7. The van der Waals surface area contributed by atoms with Gasteiger partial charge in [0.05, 0.1) is 0 Å². The quantitative estimate of drug-likeness (QED) is 0.0760. The van der Waals surface area contributed by atoms with Crippen molar-refractivity contribution in [1.82, 2.24) is 0 Å². The fourth-order valence-corrected chi connectivity index (χ4v) is 4.29. The van der Waals surface area contributed by atoms with Crippen LogP contribution in [0, 0.1) is 0 Å². The van der Waals surface area contributed by atoms with Crippen molar-refractivity contribution in [3.8, 4) is 0 Å². The molecule has 0 aliphatic rings. The molecule has 0 heterocycles. The number of carbonyl (C=O) groups excluding carboxylic acids is 1. The third kappa shape index (κ3) is 25.3. The SMILES string of the molecule is CCCCCC/C=C\CCCCCCCC(=O)OC(CCCCCCCC)CCCCC(=O)O. The smallest absolute Gasteiger partial charge is 0.306 e. The Morgan fingerprint density at radius 3 is 1.65 bits per heavy atom. The number of carboxylic acid groups (broad SMARTS) is 1. The highest BCUT2D eigenvalue weighted by molar-refractivity contribution is 5.69. The van der Waals surface area contributed by atoms with Crippen LogP contribution in [0.15, 0.2) is 12.2 Å². The van der Waals surface area contributed by atoms with Crippen LogP contribution in [0.3, 0.4) is 0 Å². The van der Waals surface area contributed by atoms with Crippen LogP contribution in [0.2, 0.25) is 0 Å². The van der Waals surface area contributed by atoms with E-state index in [4.69, 9.17) is 9.84 Å². The number of carboxylic acids is 1. The highest BCUT2D eigenvalue weighted by Gasteiger charge is 2.14. The first kappa shape index (κ1) is 32.7. The number of rotatable bonds is 26. The Bertz CT molecular complexity index is 486. The van der Waals surface area contributed by atoms with Crippen molar-refractivity contribution in [2.75, 3.05) is 0 Å². The van der Waals surface area contributed by atoms with Crippen LogP contribution >= 0.6 is 0 Å². The van der Waals surface area contributed by atoms with Crippen LogP contribution in [0.5, 0.6) is 0 Å². The van der Waals surface area contributed by atoms with E-state index in [9.17, 15) is 9.59 Å². The minimum atomic E-state index is -0.747. The minimum absolute atomic E-state index is 0.0405. The van der Waals surface area contributed by atoms with Crippen molar-refractivity contribution in [3.05, 3.63) is 12.2 Å². The van der Waals surface area contributed by atoms with Gasteiger partial charge < -0.3 is 9.84 Å². The maximum absolute atomic E-state index is 12.3. The molecular weight excluding hydrogens is 424 g/mol. The van der Waals surface area contributed by atoms with Crippen molar-refractivity contribution in [2.45, 2.75) is 168 Å². The lowest BCUT2D eigenvalue weighted by Crippen LogP contribution is -2.18. The van der Waals surface area contributed by atoms with E-state index in [2.05, 4.69) is 26.0 Å². The number of ether oxygens (including phenoxy) is 1. The second kappa shape index (κ2) is 26.3. The van der Waals surface area contributed by atoms with Gasteiger partial charge in [-0.05, 0) is 64.2 Å². The molecule has 0 aliphatic heterocycles. The van der Waals surface area contributed by atoms with E-state index in [0.717, 1.165) is 38.5 Å². The Morgan fingerprint density at radius 1 is 0.618 bits per heavy atom. The Balaban J connectivity index is 3.89. The largest absolute Gasteiger partial charge is 0.481 e. The van der Waals surface area contributed by atoms with Crippen molar-refractivity contribution in [1.29, 1.82) is 0 Å². The zero-order valence-electron chi connectivity index (χ0n) is 22.7. The van der Waals surface area contributed by atoms with Gasteiger partial charge in [-0.3, -0.25) is 9.59 Å². The summed E-state index contributed by atoms with van der Waals surface area (Å²) in [5.74, 6) is -0.817. The van der Waals surface area contributed by atoms with Gasteiger partial charge in [-0.15, -0.1) is 0 Å². The van der Waals surface area contributed by atoms with E-state index < -0.39 is 5.97 Å². The van der Waals surface area contributed by atoms with Crippen molar-refractivity contribution >= 4 is 11.9 Å². The summed E-state index contributed by atoms with van der Waals surface area (Å²) >= 11 is 0. The van der Waals surface area contributed by atoms with Gasteiger partial charge in [0.1, 0.15) is 6.10 Å². The summed E-state index contributed by atoms with van der Waals surface area (Å²) in [6.45, 7) is 4.47. The van der Waals surface area contributed by atoms with Crippen LogP contribution in [-0.4, -0.2) is 23.1 Å². The first-order chi connectivity index (χ1) is 16.6. The number of hydrogen-bond donors (Lipinski definition) is 1. The van der Waals surface area contributed by atoms with E-state index in [1.165, 1.54) is 89.9 Å². The second-order valence-electron chi connectivity index (χ2n) is 9.94. The summed E-state index contributed by atoms with van der Waals surface area (Å²) in [6, 6.07) is 0. The van der Waals surface area contributed by atoms with E-state index in [-0.39, 0.29) is 18.5 Å². The molecule has 4 heteroatoms. The summed E-state index contributed by atoms with van der Waals surface area (Å²) < 4.78 is 5.80. The molecule has 0 aliphatic carbocycles. The molecular formula is C30H56O4. The average Bonchev–Trinajstić information content (AvgIpc) is 2.81. The Hall–Kier alpha value is -1.32. The molecule has 0 aromatic carbocycles. The molecule has 0 saturated carbocycles. The molecule has 0 aromatic rings. The molecule has 0 radical (unpaired) electrons. The van der Waals surface area contributed by atoms with Crippen LogP contribution in [0.25, 0.3) is 0 Å². The summed E-state index contributed by atoms with van der Waals surface area (Å²) in [5.41, 5.74) is 0. The summed E-state index contributed by atoms with van der Waals surface area (Å²) in [6.07, 6.45) is 29.3. The van der Waals surface area contributed by atoms with Crippen LogP contribution < -0.4 is 0 Å². The second-order valence-corrected chi connectivity index (χ2v) is 9.94. The number of esters is 1. The Morgan fingerprint density at radius 2 is 1.06 bits per heavy atom. The predicted molar refractivity (Wildman–Crippen MR) is 144 cm³/mol. The van der Waals surface area contributed by atoms with Gasteiger partial charge in [0.15, 0.2) is 0 Å². The Labute approximate surface area is 211 Å². The molecule has 0 spiro atoms. The number of unbranched alkanes of at least 4 members (excludes halogenated alkanes) is 15. The molecule has 0 rings (SSSR count). The highest BCUT2D eigenvalue weighted by Crippen LogP contribution is 2.17. The fraction of sp³-hybridized carbons (Fsp3) is 0.867. The average molecular weight is 481 g/mol. The first-order valence-corrected chi connectivity index (χ1v) is 14.7. The van der Waals surface area contributed by atoms with Gasteiger partial charge in [0, 0.05) is 12.8 Å². The van der Waals surface area contributed by atoms with Crippen LogP contribution in [0.4, 0.5) is 0 Å². The molecule has 34 heavy (non-hydrogen) atoms. The summed E-state index contributed by atoms with van der Waals surface area (Å²) in [4.78, 5) is 23.1. The normalized spacial score (nSPS) is 12.3. The van der Waals surface area contributed by atoms with Crippen molar-refractivity contribution < 1.29 is 19.4 Å². The Kier molecular flexibility index (Phi) is 25.3. The van der Waals surface area contributed by atoms with E-state index in [1.54, 1.807) is 0 Å². The molecule has 1 N–H and O–H groups in total. The van der Waals surface area contributed by atoms with E-state index in [0.29, 0.717) is 12.8 Å². The molecule has 4 nitrogen and oxygen atoms in total. The molecule has 0 saturated heterocycles. The fourth-order valence-electron chi connectivity index (χ4n) is 4.29. The van der Waals surface area contributed by atoms with Gasteiger partial charge in [-0.2, -0.15) is 0 Å². The molecule has 0 aromatic heterocycles. The first-order valence-electron chi connectivity index (χ1n) is 14.7. The maximum atomic E-state index is 12.3. The van der Waals surface area contributed by atoms with Gasteiger partial charge >= 0.3 is 11.9 Å². The van der Waals surface area contributed by atoms with Gasteiger partial charge in [-0.25, -0.2) is 0 Å². The predicted octanol–water partition coefficient (Wildman–Crippen LogP) is 9.55. The van der Waals surface area contributed by atoms with Gasteiger partial charge in [0.2, 0.25) is 0 Å². The number of carbonyl (C=O) groups is 2. The minimum Gasteiger partial charge on any atom is -0.481 e. The van der Waals surface area contributed by atoms with Crippen LogP contribution in [0.1, 0.15) is 162 Å². The lowest BCUT2D eigenvalue weighted by atomic mass is 10.0. The van der Waals surface area contributed by atoms with Gasteiger partial charge in [-0.1, -0.05) is 96.6 Å². The number of hydrogen-bond acceptors (Lipinski definition) is 3. The summed E-state index contributed by atoms with van der Waals surface area (Å²) in [5, 5.41) is 8.83. The lowest BCUT2D eigenvalue weighted by molar-refractivity contribution is -0.150. The van der Waals surface area contributed by atoms with Crippen molar-refractivity contribution in [3.63, 3.8) is 0 Å². The topological polar surface area (TPSA) is 63.6 Å². The summed E-state index contributed by atoms with van der Waals surface area (Å²) in [7, 11) is 0. The molecule has 200 valence electrons. The monoisotopic (exact) mass is 480 g/mol. The zero-order chi connectivity index (χ0) is 25.1. The number of allylic oxidation sites excluding steroid dienone is 2. The van der Waals surface area contributed by atoms with E-state index in [1.807, 2.05) is 0 Å². The lowest BCUT2D eigenvalue weighted by Gasteiger charge is -2.18. The maximum Gasteiger partial charge on any atom is 0.306 e. The number of aliphatic carboxylic acids is 1. The highest BCUT2D eigenvalue weighted by atomic mass is 16.5. The van der Waals surface area contributed by atoms with Gasteiger partial charge in [0.25, 0.3) is 0 Å². The third-order valence-corrected chi connectivity index (χ3v) is 6.49. The molecule has 0 bridgehead atoms. The molecule has 1 atom stereocenters. The van der Waals surface area contributed by atoms with E-state index >= 15 is 0 Å². The standard InChI is InChI=1S/C30H56O4/c1-3-5-7-9-11-12-13-14-15-16-17-19-21-27-30(33)34-28(25-22-23-26-29(31)32)24-20-18-10-8-6-4-2/h12-13,28H,3-11,14-27H2,1-2H3,(H,31,32)/b13-12-. The molecule has 1 unspecified atom stereocenters. The molecule has 0 fully saturated rings. The van der Waals surface area contributed by atoms with Crippen LogP contribution in [-0.2, 0) is 14.3 Å².